The fraction of sp³-hybridized carbons (Fsp3) is 0.158. The van der Waals surface area contributed by atoms with E-state index in [-0.39, 0.29) is 5.91 Å². The van der Waals surface area contributed by atoms with Crippen molar-refractivity contribution >= 4 is 52.4 Å². The number of aromatic nitrogens is 4. The summed E-state index contributed by atoms with van der Waals surface area (Å²) in [7, 11) is 0. The number of nitrogens with one attached hydrogen (secondary N) is 2. The van der Waals surface area contributed by atoms with Crippen LogP contribution in [-0.2, 0) is 11.3 Å². The first kappa shape index (κ1) is 20.2. The van der Waals surface area contributed by atoms with E-state index in [1.807, 2.05) is 42.0 Å². The molecule has 0 spiro atoms. The van der Waals surface area contributed by atoms with Gasteiger partial charge in [0.25, 0.3) is 0 Å². The maximum absolute atomic E-state index is 12.2. The lowest BCUT2D eigenvalue weighted by Crippen LogP contribution is -2.07. The molecule has 0 fully saturated rings. The minimum absolute atomic E-state index is 0.237. The van der Waals surface area contributed by atoms with Crippen molar-refractivity contribution in [2.75, 3.05) is 11.6 Å². The van der Waals surface area contributed by atoms with Crippen molar-refractivity contribution in [3.8, 4) is 10.7 Å². The molecule has 0 aliphatic rings. The van der Waals surface area contributed by atoms with E-state index in [9.17, 15) is 4.79 Å². The zero-order chi connectivity index (χ0) is 20.1. The molecule has 0 aliphatic heterocycles. The molecule has 3 rings (SSSR count). The minimum atomic E-state index is -0.237. The number of rotatable bonds is 7. The normalized spacial score (nSPS) is 11.1. The van der Waals surface area contributed by atoms with Crippen LogP contribution in [0.5, 0.6) is 0 Å². The number of carbonyl (C=O) groups excluding carboxylic acids is 1. The fourth-order valence-corrected chi connectivity index (χ4v) is 4.06. The van der Waals surface area contributed by atoms with Gasteiger partial charge in [-0.2, -0.15) is 5.10 Å². The number of hydrogen-bond acceptors (Lipinski definition) is 6. The third-order valence-electron chi connectivity index (χ3n) is 3.84. The molecular formula is C19H19N5OS3. The quantitative estimate of drug-likeness (QED) is 0.241. The number of amides is 1. The molecular weight excluding hydrogens is 410 g/mol. The number of H-pyrrole nitrogens is 1. The highest BCUT2D eigenvalue weighted by molar-refractivity contribution is 7.98. The summed E-state index contributed by atoms with van der Waals surface area (Å²) in [5.74, 6) is 0.448. The fourth-order valence-electron chi connectivity index (χ4n) is 2.48. The zero-order valence-electron chi connectivity index (χ0n) is 15.4. The number of anilines is 1. The van der Waals surface area contributed by atoms with Crippen molar-refractivity contribution in [2.45, 2.75) is 18.4 Å². The number of nitrogens with zero attached hydrogens (tertiary/aromatic N) is 3. The second kappa shape index (κ2) is 9.13. The van der Waals surface area contributed by atoms with E-state index in [1.165, 1.54) is 22.3 Å². The number of aromatic amines is 1. The maximum atomic E-state index is 12.2. The topological polar surface area (TPSA) is 75.6 Å². The van der Waals surface area contributed by atoms with Crippen LogP contribution in [0.4, 0.5) is 5.13 Å². The summed E-state index contributed by atoms with van der Waals surface area (Å²) in [6.07, 6.45) is 7.05. The number of aryl methyl sites for hydroxylation is 1. The Morgan fingerprint density at radius 2 is 2.18 bits per heavy atom. The highest BCUT2D eigenvalue weighted by Crippen LogP contribution is 2.31. The largest absolute Gasteiger partial charge is 0.298 e. The Morgan fingerprint density at radius 1 is 1.43 bits per heavy atom. The van der Waals surface area contributed by atoms with E-state index in [2.05, 4.69) is 27.1 Å². The van der Waals surface area contributed by atoms with Crippen LogP contribution in [0.15, 0.2) is 47.9 Å². The molecule has 3 aromatic rings. The Labute approximate surface area is 176 Å². The smallest absolute Gasteiger partial charge is 0.250 e. The van der Waals surface area contributed by atoms with Crippen LogP contribution in [0.25, 0.3) is 16.8 Å². The lowest BCUT2D eigenvalue weighted by molar-refractivity contribution is -0.111. The molecule has 2 N–H and O–H groups in total. The van der Waals surface area contributed by atoms with Gasteiger partial charge in [-0.3, -0.25) is 19.8 Å². The van der Waals surface area contributed by atoms with Gasteiger partial charge in [-0.05, 0) is 49.2 Å². The van der Waals surface area contributed by atoms with Crippen molar-refractivity contribution in [2.24, 2.45) is 0 Å². The maximum Gasteiger partial charge on any atom is 0.250 e. The molecule has 0 saturated heterocycles. The van der Waals surface area contributed by atoms with E-state index in [0.717, 1.165) is 16.1 Å². The molecule has 2 aromatic heterocycles. The van der Waals surface area contributed by atoms with Crippen molar-refractivity contribution in [3.05, 3.63) is 59.0 Å². The first-order chi connectivity index (χ1) is 13.5. The van der Waals surface area contributed by atoms with Gasteiger partial charge in [-0.1, -0.05) is 29.5 Å². The Morgan fingerprint density at radius 3 is 2.86 bits per heavy atom. The molecule has 0 bridgehead atoms. The first-order valence-electron chi connectivity index (χ1n) is 8.39. The van der Waals surface area contributed by atoms with Gasteiger partial charge in [0.05, 0.1) is 10.6 Å². The summed E-state index contributed by atoms with van der Waals surface area (Å²) in [4.78, 5) is 18.7. The van der Waals surface area contributed by atoms with Crippen molar-refractivity contribution < 1.29 is 4.79 Å². The van der Waals surface area contributed by atoms with Gasteiger partial charge >= 0.3 is 0 Å². The molecule has 0 atom stereocenters. The SMILES string of the molecule is C=CCn1c(-c2sc(NC(=O)/C=C/c3ccc(SC)cc3)nc2C)n[nH]c1=S. The summed E-state index contributed by atoms with van der Waals surface area (Å²) >= 11 is 8.29. The van der Waals surface area contributed by atoms with E-state index >= 15 is 0 Å². The Hall–Kier alpha value is -2.49. The van der Waals surface area contributed by atoms with Crippen LogP contribution in [0, 0.1) is 11.7 Å². The van der Waals surface area contributed by atoms with Crippen LogP contribution in [0.3, 0.4) is 0 Å². The lowest BCUT2D eigenvalue weighted by Gasteiger charge is -2.01. The second-order valence-electron chi connectivity index (χ2n) is 5.78. The third-order valence-corrected chi connectivity index (χ3v) is 5.97. The number of thiazole rings is 1. The molecule has 6 nitrogen and oxygen atoms in total. The Kier molecular flexibility index (Phi) is 6.61. The molecule has 0 saturated carbocycles. The van der Waals surface area contributed by atoms with Crippen LogP contribution in [0.2, 0.25) is 0 Å². The predicted molar refractivity (Wildman–Crippen MR) is 119 cm³/mol. The van der Waals surface area contributed by atoms with Crippen molar-refractivity contribution in [1.82, 2.24) is 19.7 Å². The molecule has 9 heteroatoms. The molecule has 1 amide bonds. The number of hydrogen-bond donors (Lipinski definition) is 2. The van der Waals surface area contributed by atoms with E-state index in [1.54, 1.807) is 23.9 Å². The standard InChI is InChI=1S/C19H19N5OS3/c1-4-11-24-17(22-23-19(24)26)16-12(2)20-18(28-16)21-15(25)10-7-13-5-8-14(27-3)9-6-13/h4-10H,1,11H2,2-3H3,(H,23,26)(H,20,21,25)/b10-7+. The summed E-state index contributed by atoms with van der Waals surface area (Å²) in [5, 5.41) is 10.4. The van der Waals surface area contributed by atoms with Gasteiger partial charge in [0.1, 0.15) is 0 Å². The van der Waals surface area contributed by atoms with Gasteiger partial charge in [0, 0.05) is 17.5 Å². The average molecular weight is 430 g/mol. The van der Waals surface area contributed by atoms with Crippen molar-refractivity contribution in [3.63, 3.8) is 0 Å². The third kappa shape index (κ3) is 4.67. The molecule has 144 valence electrons. The van der Waals surface area contributed by atoms with Crippen LogP contribution < -0.4 is 5.32 Å². The summed E-state index contributed by atoms with van der Waals surface area (Å²) in [5.41, 5.74) is 1.74. The Balaban J connectivity index is 1.74. The molecule has 0 unspecified atom stereocenters. The van der Waals surface area contributed by atoms with Crippen LogP contribution in [0.1, 0.15) is 11.3 Å². The molecule has 0 aliphatic carbocycles. The summed E-state index contributed by atoms with van der Waals surface area (Å²) < 4.78 is 2.36. The summed E-state index contributed by atoms with van der Waals surface area (Å²) in [6, 6.07) is 8.00. The molecule has 2 heterocycles. The van der Waals surface area contributed by atoms with Gasteiger partial charge in [0.2, 0.25) is 5.91 Å². The highest BCUT2D eigenvalue weighted by atomic mass is 32.2. The number of benzene rings is 1. The highest BCUT2D eigenvalue weighted by Gasteiger charge is 2.16. The van der Waals surface area contributed by atoms with E-state index < -0.39 is 0 Å². The lowest BCUT2D eigenvalue weighted by atomic mass is 10.2. The van der Waals surface area contributed by atoms with E-state index in [4.69, 9.17) is 12.2 Å². The van der Waals surface area contributed by atoms with Gasteiger partial charge in [-0.15, -0.1) is 18.3 Å². The number of thioether (sulfide) groups is 1. The zero-order valence-corrected chi connectivity index (χ0v) is 17.9. The number of carbonyl (C=O) groups is 1. The van der Waals surface area contributed by atoms with Crippen LogP contribution in [-0.4, -0.2) is 31.9 Å². The second-order valence-corrected chi connectivity index (χ2v) is 8.05. The van der Waals surface area contributed by atoms with Crippen molar-refractivity contribution in [1.29, 1.82) is 0 Å². The van der Waals surface area contributed by atoms with Gasteiger partial charge in [-0.25, -0.2) is 4.98 Å². The first-order valence-corrected chi connectivity index (χ1v) is 10.8. The monoisotopic (exact) mass is 429 g/mol. The predicted octanol–water partition coefficient (Wildman–Crippen LogP) is 4.93. The van der Waals surface area contributed by atoms with Crippen LogP contribution >= 0.6 is 35.3 Å². The molecule has 0 radical (unpaired) electrons. The van der Waals surface area contributed by atoms with Gasteiger partial charge < -0.3 is 0 Å². The van der Waals surface area contributed by atoms with E-state index in [0.29, 0.717) is 22.3 Å². The van der Waals surface area contributed by atoms with Gasteiger partial charge in [0.15, 0.2) is 15.7 Å². The Bertz CT molecular complexity index is 1080. The number of allylic oxidation sites excluding steroid dienone is 1. The average Bonchev–Trinajstić information content (AvgIpc) is 3.23. The molecule has 28 heavy (non-hydrogen) atoms. The summed E-state index contributed by atoms with van der Waals surface area (Å²) in [6.45, 7) is 6.17. The molecule has 1 aromatic carbocycles. The minimum Gasteiger partial charge on any atom is -0.298 e.